The van der Waals surface area contributed by atoms with E-state index in [1.807, 2.05) is 13.8 Å². The number of likely N-dealkylation sites (N-methyl/N-ethyl adjacent to an activating group) is 1. The Morgan fingerprint density at radius 2 is 1.76 bits per heavy atom. The van der Waals surface area contributed by atoms with Gasteiger partial charge in [-0.2, -0.15) is 0 Å². The fourth-order valence-electron chi connectivity index (χ4n) is 6.29. The maximum Gasteiger partial charge on any atom is 0.178 e. The molecule has 0 unspecified atom stereocenters. The summed E-state index contributed by atoms with van der Waals surface area (Å²) in [5, 5.41) is 0. The number of likely N-dealkylation sites (tertiary alicyclic amines) is 1. The molecule has 42 heavy (non-hydrogen) atoms. The lowest BCUT2D eigenvalue weighted by Crippen LogP contribution is -2.38. The van der Waals surface area contributed by atoms with Crippen molar-refractivity contribution in [3.8, 4) is 17.0 Å². The molecule has 3 aromatic rings. The molecule has 0 bridgehead atoms. The van der Waals surface area contributed by atoms with Crippen LogP contribution in [0.2, 0.25) is 0 Å². The molecule has 0 N–H and O–H groups in total. The van der Waals surface area contributed by atoms with Gasteiger partial charge < -0.3 is 19.4 Å². The molecule has 4 heterocycles. The number of fused-ring (bicyclic) bond motifs is 1. The van der Waals surface area contributed by atoms with Gasteiger partial charge in [0.2, 0.25) is 0 Å². The second-order valence-electron chi connectivity index (χ2n) is 12.6. The molecule has 0 radical (unpaired) electrons. The molecule has 9 heteroatoms. The Bertz CT molecular complexity index is 1420. The average Bonchev–Trinajstić information content (AvgIpc) is 3.83. The van der Waals surface area contributed by atoms with Gasteiger partial charge in [-0.25, -0.2) is 18.7 Å². The number of halogens is 2. The molecule has 6 rings (SSSR count). The van der Waals surface area contributed by atoms with Crippen molar-refractivity contribution < 1.29 is 13.5 Å². The first kappa shape index (κ1) is 28.9. The Kier molecular flexibility index (Phi) is 8.41. The van der Waals surface area contributed by atoms with Crippen LogP contribution in [0, 0.1) is 11.6 Å². The summed E-state index contributed by atoms with van der Waals surface area (Å²) in [6.07, 6.45) is 6.27. The Morgan fingerprint density at radius 1 is 0.976 bits per heavy atom. The molecule has 2 aliphatic heterocycles. The van der Waals surface area contributed by atoms with Gasteiger partial charge in [0, 0.05) is 42.0 Å². The van der Waals surface area contributed by atoms with Crippen LogP contribution in [0.5, 0.6) is 5.75 Å². The number of rotatable bonds is 9. The van der Waals surface area contributed by atoms with Gasteiger partial charge in [0.05, 0.1) is 24.8 Å². The summed E-state index contributed by atoms with van der Waals surface area (Å²) >= 11 is 0. The fourth-order valence-corrected chi connectivity index (χ4v) is 6.29. The van der Waals surface area contributed by atoms with Gasteiger partial charge in [-0.05, 0) is 96.4 Å². The van der Waals surface area contributed by atoms with E-state index in [-0.39, 0.29) is 17.5 Å². The predicted molar refractivity (Wildman–Crippen MR) is 161 cm³/mol. The van der Waals surface area contributed by atoms with E-state index in [9.17, 15) is 0 Å². The second-order valence-corrected chi connectivity index (χ2v) is 12.6. The van der Waals surface area contributed by atoms with Crippen molar-refractivity contribution in [2.45, 2.75) is 63.8 Å². The third kappa shape index (κ3) is 6.27. The first-order valence-electron chi connectivity index (χ1n) is 15.4. The lowest BCUT2D eigenvalue weighted by atomic mass is 9.87. The molecular weight excluding hydrogens is 534 g/mol. The summed E-state index contributed by atoms with van der Waals surface area (Å²) in [5.74, 6) is 0.662. The van der Waals surface area contributed by atoms with E-state index in [0.29, 0.717) is 48.5 Å². The molecular formula is C33H42F2N6O. The Labute approximate surface area is 247 Å². The van der Waals surface area contributed by atoms with Crippen molar-refractivity contribution in [3.63, 3.8) is 0 Å². The van der Waals surface area contributed by atoms with E-state index in [1.165, 1.54) is 36.4 Å². The van der Waals surface area contributed by atoms with Gasteiger partial charge in [0.1, 0.15) is 18.1 Å². The van der Waals surface area contributed by atoms with Crippen LogP contribution in [0.1, 0.15) is 74.1 Å². The van der Waals surface area contributed by atoms with E-state index in [4.69, 9.17) is 9.72 Å². The number of piperidine rings is 1. The topological polar surface area (TPSA) is 57.6 Å². The summed E-state index contributed by atoms with van der Waals surface area (Å²) in [7, 11) is 4.26. The summed E-state index contributed by atoms with van der Waals surface area (Å²) in [5.41, 5.74) is 4.61. The zero-order valence-corrected chi connectivity index (χ0v) is 25.2. The van der Waals surface area contributed by atoms with Gasteiger partial charge in [-0.15, -0.1) is 0 Å². The van der Waals surface area contributed by atoms with Crippen LogP contribution in [0.25, 0.3) is 11.3 Å². The molecule has 1 aromatic carbocycles. The van der Waals surface area contributed by atoms with Crippen LogP contribution >= 0.6 is 0 Å². The highest BCUT2D eigenvalue weighted by Crippen LogP contribution is 2.44. The molecule has 7 nitrogen and oxygen atoms in total. The maximum absolute atomic E-state index is 15.1. The fraction of sp³-hybridized carbons (Fsp3) is 0.545. The van der Waals surface area contributed by atoms with Crippen LogP contribution < -0.4 is 9.64 Å². The average molecular weight is 577 g/mol. The minimum Gasteiger partial charge on any atom is -0.486 e. The number of nitrogens with zero attached hydrogens (tertiary/aromatic N) is 6. The molecule has 0 spiro atoms. The molecule has 0 atom stereocenters. The highest BCUT2D eigenvalue weighted by atomic mass is 19.1. The van der Waals surface area contributed by atoms with Crippen molar-refractivity contribution in [1.29, 1.82) is 0 Å². The van der Waals surface area contributed by atoms with Crippen molar-refractivity contribution in [3.05, 3.63) is 64.9 Å². The Balaban J connectivity index is 1.22. The molecule has 2 fully saturated rings. The summed E-state index contributed by atoms with van der Waals surface area (Å²) in [4.78, 5) is 20.9. The molecule has 1 aliphatic carbocycles. The largest absolute Gasteiger partial charge is 0.486 e. The Morgan fingerprint density at radius 3 is 2.48 bits per heavy atom. The lowest BCUT2D eigenvalue weighted by molar-refractivity contribution is 0.193. The highest BCUT2D eigenvalue weighted by molar-refractivity contribution is 5.72. The number of aromatic nitrogens is 3. The smallest absolute Gasteiger partial charge is 0.178 e. The number of benzene rings is 1. The van der Waals surface area contributed by atoms with Gasteiger partial charge >= 0.3 is 0 Å². The molecule has 224 valence electrons. The summed E-state index contributed by atoms with van der Waals surface area (Å²) in [6.45, 7) is 9.62. The van der Waals surface area contributed by atoms with Crippen LogP contribution in [-0.2, 0) is 6.42 Å². The first-order valence-corrected chi connectivity index (χ1v) is 15.4. The maximum atomic E-state index is 15.1. The van der Waals surface area contributed by atoms with Crippen molar-refractivity contribution in [1.82, 2.24) is 24.8 Å². The van der Waals surface area contributed by atoms with Gasteiger partial charge in [-0.1, -0.05) is 6.07 Å². The van der Waals surface area contributed by atoms with Crippen LogP contribution in [0.15, 0.2) is 30.5 Å². The third-order valence-electron chi connectivity index (χ3n) is 8.81. The van der Waals surface area contributed by atoms with E-state index >= 15 is 8.78 Å². The Hall–Kier alpha value is -3.17. The minimum atomic E-state index is -0.579. The number of ether oxygens (including phenoxy) is 1. The first-order chi connectivity index (χ1) is 20.3. The zero-order chi connectivity index (χ0) is 29.4. The quantitative estimate of drug-likeness (QED) is 0.327. The van der Waals surface area contributed by atoms with Crippen LogP contribution in [0.4, 0.5) is 14.5 Å². The van der Waals surface area contributed by atoms with Crippen molar-refractivity contribution in [2.75, 3.05) is 58.3 Å². The molecule has 1 saturated heterocycles. The van der Waals surface area contributed by atoms with Gasteiger partial charge in [0.25, 0.3) is 0 Å². The standard InChI is InChI=1S/C33H42F2N6O/c1-21(2)41-15-16-42-33-27(34)17-24(18-29(33)41)32-28(35)20-36-30(38-32)19-25-7-8-26(31(37-25)23-5-6-23)22-9-11-40(12-10-22)14-13-39(3)4/h7-8,17-18,20-23H,5-6,9-16,19H2,1-4H3. The van der Waals surface area contributed by atoms with Crippen LogP contribution in [-0.4, -0.2) is 84.2 Å². The van der Waals surface area contributed by atoms with Gasteiger partial charge in [-0.3, -0.25) is 4.98 Å². The highest BCUT2D eigenvalue weighted by Gasteiger charge is 2.32. The predicted octanol–water partition coefficient (Wildman–Crippen LogP) is 5.63. The summed E-state index contributed by atoms with van der Waals surface area (Å²) < 4.78 is 35.8. The van der Waals surface area contributed by atoms with Gasteiger partial charge in [0.15, 0.2) is 17.4 Å². The molecule has 0 amide bonds. The number of hydrogen-bond donors (Lipinski definition) is 0. The second kappa shape index (κ2) is 12.2. The molecule has 2 aromatic heterocycles. The third-order valence-corrected chi connectivity index (χ3v) is 8.81. The van der Waals surface area contributed by atoms with Crippen LogP contribution in [0.3, 0.4) is 0 Å². The number of hydrogen-bond acceptors (Lipinski definition) is 7. The van der Waals surface area contributed by atoms with E-state index in [1.54, 1.807) is 6.07 Å². The van der Waals surface area contributed by atoms with Crippen molar-refractivity contribution >= 4 is 5.69 Å². The number of pyridine rings is 1. The van der Waals surface area contributed by atoms with E-state index in [0.717, 1.165) is 44.7 Å². The lowest BCUT2D eigenvalue weighted by Gasteiger charge is -2.34. The summed E-state index contributed by atoms with van der Waals surface area (Å²) in [6, 6.07) is 7.58. The van der Waals surface area contributed by atoms with Crippen molar-refractivity contribution in [2.24, 2.45) is 0 Å². The normalized spacial score (nSPS) is 18.0. The molecule has 1 saturated carbocycles. The van der Waals surface area contributed by atoms with E-state index < -0.39 is 11.6 Å². The van der Waals surface area contributed by atoms with E-state index in [2.05, 4.69) is 50.9 Å². The monoisotopic (exact) mass is 576 g/mol. The SMILES string of the molecule is CC(C)N1CCOc2c(F)cc(-c3nc(Cc4ccc(C5CCN(CCN(C)C)CC5)c(C5CC5)n4)ncc3F)cc21. The number of anilines is 1. The zero-order valence-electron chi connectivity index (χ0n) is 25.2. The molecule has 3 aliphatic rings. The minimum absolute atomic E-state index is 0.0936.